The number of carbonyl (C=O) groups excluding carboxylic acids is 2. The second-order valence-corrected chi connectivity index (χ2v) is 3.22. The Kier molecular flexibility index (Phi) is 4.55. The van der Waals surface area contributed by atoms with Crippen molar-refractivity contribution in [3.05, 3.63) is 0 Å². The van der Waals surface area contributed by atoms with E-state index in [1.54, 1.807) is 0 Å². The molecule has 0 rings (SSSR count). The van der Waals surface area contributed by atoms with E-state index in [1.807, 2.05) is 20.8 Å². The first-order chi connectivity index (χ1) is 5.49. The predicted octanol–water partition coefficient (Wildman–Crippen LogP) is 1.13. The number of amides is 1. The summed E-state index contributed by atoms with van der Waals surface area (Å²) >= 11 is 0. The van der Waals surface area contributed by atoms with Crippen molar-refractivity contribution >= 4 is 11.7 Å². The fraction of sp³-hybridized carbons (Fsp3) is 0.778. The Balaban J connectivity index is 4.15. The maximum Gasteiger partial charge on any atom is 0.217 e. The third kappa shape index (κ3) is 3.51. The highest BCUT2D eigenvalue weighted by Gasteiger charge is 2.19. The molecule has 1 amide bonds. The van der Waals surface area contributed by atoms with Gasteiger partial charge in [-0.05, 0) is 6.42 Å². The van der Waals surface area contributed by atoms with Gasteiger partial charge < -0.3 is 5.32 Å². The zero-order valence-electron chi connectivity index (χ0n) is 8.18. The summed E-state index contributed by atoms with van der Waals surface area (Å²) in [5.41, 5.74) is 0. The minimum Gasteiger partial charge on any atom is -0.347 e. The Hall–Kier alpha value is -0.860. The molecule has 1 N–H and O–H groups in total. The SMILES string of the molecule is CCC(NC(C)=O)C(=O)C(C)C. The van der Waals surface area contributed by atoms with E-state index in [1.165, 1.54) is 6.92 Å². The summed E-state index contributed by atoms with van der Waals surface area (Å²) in [6.45, 7) is 7.00. The lowest BCUT2D eigenvalue weighted by atomic mass is 10.00. The lowest BCUT2D eigenvalue weighted by Gasteiger charge is -2.16. The molecule has 70 valence electrons. The van der Waals surface area contributed by atoms with Crippen molar-refractivity contribution < 1.29 is 9.59 Å². The van der Waals surface area contributed by atoms with Crippen molar-refractivity contribution in [1.29, 1.82) is 0 Å². The zero-order chi connectivity index (χ0) is 9.72. The van der Waals surface area contributed by atoms with E-state index >= 15 is 0 Å². The zero-order valence-corrected chi connectivity index (χ0v) is 8.18. The molecule has 3 heteroatoms. The summed E-state index contributed by atoms with van der Waals surface area (Å²) < 4.78 is 0. The molecule has 0 aromatic carbocycles. The van der Waals surface area contributed by atoms with Crippen molar-refractivity contribution in [2.45, 2.75) is 40.2 Å². The van der Waals surface area contributed by atoms with Crippen LogP contribution in [0, 0.1) is 5.92 Å². The van der Waals surface area contributed by atoms with Gasteiger partial charge in [0.25, 0.3) is 0 Å². The third-order valence-electron chi connectivity index (χ3n) is 1.70. The van der Waals surface area contributed by atoms with Gasteiger partial charge in [-0.1, -0.05) is 20.8 Å². The van der Waals surface area contributed by atoms with E-state index in [2.05, 4.69) is 5.32 Å². The van der Waals surface area contributed by atoms with Gasteiger partial charge in [-0.15, -0.1) is 0 Å². The van der Waals surface area contributed by atoms with Gasteiger partial charge in [0.1, 0.15) is 0 Å². The van der Waals surface area contributed by atoms with Gasteiger partial charge in [-0.3, -0.25) is 9.59 Å². The van der Waals surface area contributed by atoms with Crippen LogP contribution in [-0.4, -0.2) is 17.7 Å². The molecule has 12 heavy (non-hydrogen) atoms. The Labute approximate surface area is 73.5 Å². The summed E-state index contributed by atoms with van der Waals surface area (Å²) in [7, 11) is 0. The average molecular weight is 171 g/mol. The largest absolute Gasteiger partial charge is 0.347 e. The van der Waals surface area contributed by atoms with E-state index in [-0.39, 0.29) is 23.7 Å². The summed E-state index contributed by atoms with van der Waals surface area (Å²) in [6.07, 6.45) is 0.663. The molecule has 0 aromatic heterocycles. The molecular weight excluding hydrogens is 154 g/mol. The molecule has 0 spiro atoms. The standard InChI is InChI=1S/C9H17NO2/c1-5-8(10-7(4)11)9(12)6(2)3/h6,8H,5H2,1-4H3,(H,10,11). The second kappa shape index (κ2) is 4.91. The molecule has 0 aromatic rings. The molecule has 0 aliphatic heterocycles. The average Bonchev–Trinajstić information content (AvgIpc) is 1.98. The van der Waals surface area contributed by atoms with Crippen molar-refractivity contribution in [3.63, 3.8) is 0 Å². The van der Waals surface area contributed by atoms with Crippen LogP contribution in [0.4, 0.5) is 0 Å². The first-order valence-corrected chi connectivity index (χ1v) is 4.29. The molecule has 0 fully saturated rings. The number of rotatable bonds is 4. The van der Waals surface area contributed by atoms with Crippen LogP contribution in [-0.2, 0) is 9.59 Å². The van der Waals surface area contributed by atoms with Crippen LogP contribution in [0.3, 0.4) is 0 Å². The van der Waals surface area contributed by atoms with Crippen LogP contribution < -0.4 is 5.32 Å². The van der Waals surface area contributed by atoms with Crippen LogP contribution >= 0.6 is 0 Å². The van der Waals surface area contributed by atoms with Crippen LogP contribution in [0.25, 0.3) is 0 Å². The van der Waals surface area contributed by atoms with Gasteiger partial charge in [0.05, 0.1) is 6.04 Å². The van der Waals surface area contributed by atoms with Crippen LogP contribution in [0.5, 0.6) is 0 Å². The molecule has 0 saturated heterocycles. The maximum absolute atomic E-state index is 11.4. The molecule has 0 heterocycles. The van der Waals surface area contributed by atoms with Crippen molar-refractivity contribution in [3.8, 4) is 0 Å². The van der Waals surface area contributed by atoms with E-state index in [0.29, 0.717) is 6.42 Å². The number of hydrogen-bond donors (Lipinski definition) is 1. The van der Waals surface area contributed by atoms with E-state index in [0.717, 1.165) is 0 Å². The molecular formula is C9H17NO2. The van der Waals surface area contributed by atoms with Crippen LogP contribution in [0.1, 0.15) is 34.1 Å². The fourth-order valence-corrected chi connectivity index (χ4v) is 1.02. The highest BCUT2D eigenvalue weighted by atomic mass is 16.2. The summed E-state index contributed by atoms with van der Waals surface area (Å²) in [6, 6.07) is -0.303. The van der Waals surface area contributed by atoms with Gasteiger partial charge in [0.2, 0.25) is 5.91 Å². The van der Waals surface area contributed by atoms with Gasteiger partial charge in [0.15, 0.2) is 5.78 Å². The topological polar surface area (TPSA) is 46.2 Å². The minimum atomic E-state index is -0.303. The highest BCUT2D eigenvalue weighted by Crippen LogP contribution is 2.02. The number of hydrogen-bond acceptors (Lipinski definition) is 2. The highest BCUT2D eigenvalue weighted by molar-refractivity contribution is 5.89. The number of ketones is 1. The van der Waals surface area contributed by atoms with Gasteiger partial charge in [-0.2, -0.15) is 0 Å². The quantitative estimate of drug-likeness (QED) is 0.689. The Morgan fingerprint density at radius 2 is 1.83 bits per heavy atom. The molecule has 0 bridgehead atoms. The molecule has 0 saturated carbocycles. The number of Topliss-reactive ketones (excluding diaryl/α,β-unsaturated/α-hetero) is 1. The first kappa shape index (κ1) is 11.1. The lowest BCUT2D eigenvalue weighted by molar-refractivity contribution is -0.128. The summed E-state index contributed by atoms with van der Waals surface area (Å²) in [5, 5.41) is 2.62. The van der Waals surface area contributed by atoms with Crippen molar-refractivity contribution in [2.75, 3.05) is 0 Å². The Bertz CT molecular complexity index is 175. The Morgan fingerprint density at radius 1 is 1.33 bits per heavy atom. The molecule has 3 nitrogen and oxygen atoms in total. The predicted molar refractivity (Wildman–Crippen MR) is 47.7 cm³/mol. The van der Waals surface area contributed by atoms with Gasteiger partial charge >= 0.3 is 0 Å². The van der Waals surface area contributed by atoms with Gasteiger partial charge in [0, 0.05) is 12.8 Å². The lowest BCUT2D eigenvalue weighted by Crippen LogP contribution is -2.41. The molecule has 0 aliphatic carbocycles. The normalized spacial score (nSPS) is 12.8. The smallest absolute Gasteiger partial charge is 0.217 e. The van der Waals surface area contributed by atoms with Crippen molar-refractivity contribution in [1.82, 2.24) is 5.32 Å². The van der Waals surface area contributed by atoms with Crippen molar-refractivity contribution in [2.24, 2.45) is 5.92 Å². The summed E-state index contributed by atoms with van der Waals surface area (Å²) in [4.78, 5) is 22.1. The van der Waals surface area contributed by atoms with Gasteiger partial charge in [-0.25, -0.2) is 0 Å². The minimum absolute atomic E-state index is 0.0122. The van der Waals surface area contributed by atoms with Crippen LogP contribution in [0.15, 0.2) is 0 Å². The number of carbonyl (C=O) groups is 2. The Morgan fingerprint density at radius 3 is 2.08 bits per heavy atom. The first-order valence-electron chi connectivity index (χ1n) is 4.29. The van der Waals surface area contributed by atoms with E-state index in [4.69, 9.17) is 0 Å². The number of nitrogens with one attached hydrogen (secondary N) is 1. The second-order valence-electron chi connectivity index (χ2n) is 3.22. The van der Waals surface area contributed by atoms with E-state index in [9.17, 15) is 9.59 Å². The van der Waals surface area contributed by atoms with E-state index < -0.39 is 0 Å². The molecule has 1 unspecified atom stereocenters. The van der Waals surface area contributed by atoms with Crippen LogP contribution in [0.2, 0.25) is 0 Å². The molecule has 1 atom stereocenters. The summed E-state index contributed by atoms with van der Waals surface area (Å²) in [5.74, 6) is -0.0506. The maximum atomic E-state index is 11.4. The monoisotopic (exact) mass is 171 g/mol. The fourth-order valence-electron chi connectivity index (χ4n) is 1.02. The molecule has 0 aliphatic rings. The third-order valence-corrected chi connectivity index (χ3v) is 1.70. The molecule has 0 radical (unpaired) electrons.